The van der Waals surface area contributed by atoms with Crippen LogP contribution in [0.25, 0.3) is 0 Å². The van der Waals surface area contributed by atoms with Crippen molar-refractivity contribution in [3.05, 3.63) is 59.4 Å². The Morgan fingerprint density at radius 2 is 1.58 bits per heavy atom. The zero-order valence-electron chi connectivity index (χ0n) is 25.1. The summed E-state index contributed by atoms with van der Waals surface area (Å²) in [7, 11) is 0. The number of hydrogen-bond donors (Lipinski definition) is 2. The Kier molecular flexibility index (Phi) is 8.71. The Balaban J connectivity index is 0.951. The van der Waals surface area contributed by atoms with Crippen molar-refractivity contribution in [2.45, 2.75) is 65.0 Å². The summed E-state index contributed by atoms with van der Waals surface area (Å²) in [5.41, 5.74) is 2.58. The number of anilines is 1. The Bertz CT molecular complexity index is 1300. The molecule has 1 aliphatic heterocycles. The first-order chi connectivity index (χ1) is 20.7. The Labute approximate surface area is 253 Å². The maximum atomic E-state index is 14.2. The van der Waals surface area contributed by atoms with E-state index in [1.807, 2.05) is 29.2 Å². The summed E-state index contributed by atoms with van der Waals surface area (Å²) in [6.07, 6.45) is 8.20. The van der Waals surface area contributed by atoms with E-state index in [0.29, 0.717) is 51.5 Å². The van der Waals surface area contributed by atoms with Gasteiger partial charge in [-0.25, -0.2) is 4.39 Å². The molecule has 8 nitrogen and oxygen atoms in total. The maximum Gasteiger partial charge on any atom is 0.242 e. The predicted molar refractivity (Wildman–Crippen MR) is 162 cm³/mol. The van der Waals surface area contributed by atoms with Crippen LogP contribution in [0.2, 0.25) is 0 Å². The number of carbonyl (C=O) groups excluding carboxylic acids is 3. The van der Waals surface area contributed by atoms with E-state index in [4.69, 9.17) is 4.74 Å². The normalized spacial score (nSPS) is 26.3. The molecular formula is C34H43FN4O4. The van der Waals surface area contributed by atoms with Gasteiger partial charge in [-0.1, -0.05) is 12.1 Å². The molecule has 0 aromatic heterocycles. The molecule has 5 aliphatic rings. The molecule has 1 heterocycles. The first kappa shape index (κ1) is 29.6. The van der Waals surface area contributed by atoms with Gasteiger partial charge in [-0.2, -0.15) is 0 Å². The van der Waals surface area contributed by atoms with Crippen molar-refractivity contribution in [2.24, 2.45) is 23.2 Å². The summed E-state index contributed by atoms with van der Waals surface area (Å²) in [5.74, 6) is 2.57. The van der Waals surface area contributed by atoms with Crippen LogP contribution in [-0.4, -0.2) is 60.2 Å². The summed E-state index contributed by atoms with van der Waals surface area (Å²) in [6.45, 7) is 4.80. The lowest BCUT2D eigenvalue weighted by Crippen LogP contribution is -2.51. The van der Waals surface area contributed by atoms with Gasteiger partial charge in [0.2, 0.25) is 17.7 Å². The van der Waals surface area contributed by atoms with E-state index < -0.39 is 0 Å². The monoisotopic (exact) mass is 590 g/mol. The van der Waals surface area contributed by atoms with Gasteiger partial charge in [0.15, 0.2) is 0 Å². The molecule has 230 valence electrons. The minimum absolute atomic E-state index is 0.0243. The molecule has 0 radical (unpaired) electrons. The van der Waals surface area contributed by atoms with Crippen LogP contribution in [0.1, 0.15) is 63.0 Å². The van der Waals surface area contributed by atoms with Crippen LogP contribution in [0, 0.1) is 29.0 Å². The van der Waals surface area contributed by atoms with Gasteiger partial charge in [0, 0.05) is 57.3 Å². The summed E-state index contributed by atoms with van der Waals surface area (Å²) < 4.78 is 20.2. The van der Waals surface area contributed by atoms with Gasteiger partial charge in [0.25, 0.3) is 0 Å². The van der Waals surface area contributed by atoms with Crippen LogP contribution in [-0.2, 0) is 27.5 Å². The summed E-state index contributed by atoms with van der Waals surface area (Å²) >= 11 is 0. The molecule has 4 aliphatic carbocycles. The average Bonchev–Trinajstić information content (AvgIpc) is 2.95. The number of piperazine rings is 1. The number of carbonyl (C=O) groups is 3. The number of benzene rings is 2. The van der Waals surface area contributed by atoms with Crippen molar-refractivity contribution in [1.82, 2.24) is 15.1 Å². The molecule has 43 heavy (non-hydrogen) atoms. The minimum Gasteiger partial charge on any atom is -0.489 e. The van der Waals surface area contributed by atoms with Crippen LogP contribution >= 0.6 is 0 Å². The molecule has 2 N–H and O–H groups in total. The van der Waals surface area contributed by atoms with E-state index in [9.17, 15) is 18.8 Å². The van der Waals surface area contributed by atoms with Gasteiger partial charge in [-0.15, -0.1) is 0 Å². The van der Waals surface area contributed by atoms with Crippen molar-refractivity contribution >= 4 is 23.4 Å². The Hall–Kier alpha value is -3.46. The molecule has 0 unspecified atom stereocenters. The SMILES string of the molecule is CC(=O)Nc1ccc(COc2ccc(F)cc2CN2CCN(C(=O)CNC(=O)CC34CC5CC(CC(C5)C3)C4)CC2)cc1. The number of hydrogen-bond acceptors (Lipinski definition) is 5. The van der Waals surface area contributed by atoms with Crippen molar-refractivity contribution in [2.75, 3.05) is 38.0 Å². The van der Waals surface area contributed by atoms with E-state index in [1.165, 1.54) is 57.6 Å². The Morgan fingerprint density at radius 3 is 2.21 bits per heavy atom. The quantitative estimate of drug-likeness (QED) is 0.418. The largest absolute Gasteiger partial charge is 0.489 e. The van der Waals surface area contributed by atoms with Crippen molar-refractivity contribution in [1.29, 1.82) is 0 Å². The third-order valence-electron chi connectivity index (χ3n) is 9.95. The lowest BCUT2D eigenvalue weighted by atomic mass is 9.49. The first-order valence-corrected chi connectivity index (χ1v) is 15.8. The summed E-state index contributed by atoms with van der Waals surface area (Å²) in [5, 5.41) is 5.68. The average molecular weight is 591 g/mol. The topological polar surface area (TPSA) is 91.0 Å². The fourth-order valence-electron chi connectivity index (χ4n) is 8.45. The van der Waals surface area contributed by atoms with E-state index in [2.05, 4.69) is 15.5 Å². The number of nitrogens with one attached hydrogen (secondary N) is 2. The lowest BCUT2D eigenvalue weighted by molar-refractivity contribution is -0.136. The Morgan fingerprint density at radius 1 is 0.930 bits per heavy atom. The fraction of sp³-hybridized carbons (Fsp3) is 0.559. The van der Waals surface area contributed by atoms with Crippen LogP contribution in [0.5, 0.6) is 5.75 Å². The van der Waals surface area contributed by atoms with Crippen LogP contribution in [0.3, 0.4) is 0 Å². The molecule has 2 aromatic carbocycles. The van der Waals surface area contributed by atoms with Gasteiger partial charge in [0.1, 0.15) is 18.2 Å². The smallest absolute Gasteiger partial charge is 0.242 e. The van der Waals surface area contributed by atoms with Gasteiger partial charge in [-0.05, 0) is 97.6 Å². The minimum atomic E-state index is -0.319. The van der Waals surface area contributed by atoms with Crippen molar-refractivity contribution in [3.63, 3.8) is 0 Å². The van der Waals surface area contributed by atoms with Crippen LogP contribution in [0.4, 0.5) is 10.1 Å². The number of rotatable bonds is 10. The van der Waals surface area contributed by atoms with Gasteiger partial charge in [-0.3, -0.25) is 19.3 Å². The molecule has 0 spiro atoms. The van der Waals surface area contributed by atoms with Gasteiger partial charge in [0.05, 0.1) is 6.54 Å². The number of halogens is 1. The molecule has 2 aromatic rings. The van der Waals surface area contributed by atoms with E-state index in [1.54, 1.807) is 6.07 Å². The van der Waals surface area contributed by atoms with E-state index in [-0.39, 0.29) is 35.5 Å². The predicted octanol–water partition coefficient (Wildman–Crippen LogP) is 4.73. The van der Waals surface area contributed by atoms with E-state index >= 15 is 0 Å². The number of ether oxygens (including phenoxy) is 1. The molecule has 5 fully saturated rings. The molecule has 4 bridgehead atoms. The second-order valence-electron chi connectivity index (χ2n) is 13.4. The second kappa shape index (κ2) is 12.6. The number of amides is 3. The zero-order chi connectivity index (χ0) is 30.0. The molecule has 9 heteroatoms. The van der Waals surface area contributed by atoms with Crippen molar-refractivity contribution in [3.8, 4) is 5.75 Å². The highest BCUT2D eigenvalue weighted by Gasteiger charge is 2.51. The molecule has 4 saturated carbocycles. The standard InChI is InChI=1S/C34H43FN4O4/c1-23(40)37-30-5-2-24(3-6-30)22-43-31-7-4-29(35)15-28(31)21-38-8-10-39(11-9-38)33(42)20-36-32(41)19-34-16-25-12-26(17-34)14-27(13-25)18-34/h2-7,15,25-27H,8-14,16-22H2,1H3,(H,36,41)(H,37,40). The van der Waals surface area contributed by atoms with E-state index in [0.717, 1.165) is 34.6 Å². The van der Waals surface area contributed by atoms with Crippen LogP contribution < -0.4 is 15.4 Å². The maximum absolute atomic E-state index is 14.2. The molecular weight excluding hydrogens is 547 g/mol. The zero-order valence-corrected chi connectivity index (χ0v) is 25.1. The lowest BCUT2D eigenvalue weighted by Gasteiger charge is -2.56. The highest BCUT2D eigenvalue weighted by molar-refractivity contribution is 5.88. The molecule has 0 atom stereocenters. The summed E-state index contributed by atoms with van der Waals surface area (Å²) in [6, 6.07) is 12.0. The molecule has 3 amide bonds. The highest BCUT2D eigenvalue weighted by Crippen LogP contribution is 2.61. The van der Waals surface area contributed by atoms with Gasteiger partial charge < -0.3 is 20.3 Å². The third kappa shape index (κ3) is 7.37. The highest BCUT2D eigenvalue weighted by atomic mass is 19.1. The van der Waals surface area contributed by atoms with Crippen LogP contribution in [0.15, 0.2) is 42.5 Å². The number of nitrogens with zero attached hydrogens (tertiary/aromatic N) is 2. The second-order valence-corrected chi connectivity index (χ2v) is 13.4. The molecule has 1 saturated heterocycles. The third-order valence-corrected chi connectivity index (χ3v) is 9.95. The van der Waals surface area contributed by atoms with Crippen molar-refractivity contribution < 1.29 is 23.5 Å². The van der Waals surface area contributed by atoms with Gasteiger partial charge >= 0.3 is 0 Å². The molecule has 7 rings (SSSR count). The first-order valence-electron chi connectivity index (χ1n) is 15.8. The summed E-state index contributed by atoms with van der Waals surface area (Å²) in [4.78, 5) is 41.1. The fourth-order valence-corrected chi connectivity index (χ4v) is 8.45.